The highest BCUT2D eigenvalue weighted by atomic mass is 16.6. The van der Waals surface area contributed by atoms with Crippen molar-refractivity contribution in [2.24, 2.45) is 0 Å². The van der Waals surface area contributed by atoms with E-state index in [1.54, 1.807) is 43.4 Å². The van der Waals surface area contributed by atoms with Gasteiger partial charge in [0.2, 0.25) is 6.10 Å². The first-order chi connectivity index (χ1) is 12.6. The van der Waals surface area contributed by atoms with Crippen LogP contribution < -0.4 is 0 Å². The van der Waals surface area contributed by atoms with E-state index in [0.717, 1.165) is 0 Å². The molecular weight excluding hydrogens is 330 g/mol. The Hall–Kier alpha value is -3.08. The van der Waals surface area contributed by atoms with Gasteiger partial charge in [-0.1, -0.05) is 54.8 Å². The third-order valence-electron chi connectivity index (χ3n) is 3.29. The maximum absolute atomic E-state index is 12.5. The first-order valence-corrected chi connectivity index (χ1v) is 8.31. The quantitative estimate of drug-likeness (QED) is 0.343. The van der Waals surface area contributed by atoms with E-state index in [0.29, 0.717) is 22.7 Å². The van der Waals surface area contributed by atoms with Gasteiger partial charge < -0.3 is 14.0 Å². The molecule has 1 unspecified atom stereocenters. The van der Waals surface area contributed by atoms with Crippen molar-refractivity contribution >= 4 is 11.5 Å². The fourth-order valence-electron chi connectivity index (χ4n) is 2.14. The molecule has 0 fully saturated rings. The highest BCUT2D eigenvalue weighted by Gasteiger charge is 2.26. The highest BCUT2D eigenvalue weighted by Crippen LogP contribution is 2.25. The molecule has 1 atom stereocenters. The van der Waals surface area contributed by atoms with Gasteiger partial charge in [0, 0.05) is 6.07 Å². The average Bonchev–Trinajstić information content (AvgIpc) is 3.17. The molecule has 0 saturated heterocycles. The molecule has 0 N–H and O–H groups in total. The standard InChI is InChI=1S/C21H25NO4/c1-6-11-13-16(8-3)20(21(23)24-10-5)25-18(9-4)17(12-7-2)19-14-15-22-26-19/h6-9,11-15,20H,1,4,10H2,2-3,5H3/b12-7-,13-11-,16-8+,18-17-. The number of ether oxygens (including phenoxy) is 2. The summed E-state index contributed by atoms with van der Waals surface area (Å²) in [7, 11) is 0. The third-order valence-corrected chi connectivity index (χ3v) is 3.29. The first kappa shape index (κ1) is 21.0. The van der Waals surface area contributed by atoms with E-state index in [4.69, 9.17) is 14.0 Å². The zero-order chi connectivity index (χ0) is 19.4. The van der Waals surface area contributed by atoms with Gasteiger partial charge in [0.05, 0.1) is 18.4 Å². The minimum Gasteiger partial charge on any atom is -0.473 e. The maximum Gasteiger partial charge on any atom is 0.352 e. The average molecular weight is 355 g/mol. The Kier molecular flexibility index (Phi) is 9.25. The summed E-state index contributed by atoms with van der Waals surface area (Å²) in [6.07, 6.45) is 12.6. The molecule has 138 valence electrons. The third kappa shape index (κ3) is 5.77. The number of nitrogens with zero attached hydrogens (tertiary/aromatic N) is 1. The molecule has 0 aliphatic heterocycles. The van der Waals surface area contributed by atoms with Crippen LogP contribution in [0.25, 0.3) is 5.57 Å². The lowest BCUT2D eigenvalue weighted by Gasteiger charge is -2.20. The second-order valence-corrected chi connectivity index (χ2v) is 4.99. The molecule has 0 aliphatic carbocycles. The summed E-state index contributed by atoms with van der Waals surface area (Å²) in [5.41, 5.74) is 1.26. The van der Waals surface area contributed by atoms with Crippen LogP contribution in [0.1, 0.15) is 26.5 Å². The van der Waals surface area contributed by atoms with E-state index in [1.165, 1.54) is 12.3 Å². The predicted molar refractivity (Wildman–Crippen MR) is 103 cm³/mol. The van der Waals surface area contributed by atoms with Crippen molar-refractivity contribution in [2.45, 2.75) is 26.9 Å². The molecule has 0 saturated carbocycles. The van der Waals surface area contributed by atoms with Gasteiger partial charge in [0.1, 0.15) is 5.76 Å². The fraction of sp³-hybridized carbons (Fsp3) is 0.238. The van der Waals surface area contributed by atoms with Crippen molar-refractivity contribution in [3.63, 3.8) is 0 Å². The lowest BCUT2D eigenvalue weighted by atomic mass is 10.1. The predicted octanol–water partition coefficient (Wildman–Crippen LogP) is 4.78. The van der Waals surface area contributed by atoms with E-state index >= 15 is 0 Å². The van der Waals surface area contributed by atoms with Gasteiger partial charge in [-0.15, -0.1) is 0 Å². The van der Waals surface area contributed by atoms with Gasteiger partial charge in [-0.2, -0.15) is 0 Å². The van der Waals surface area contributed by atoms with Crippen LogP contribution in [-0.2, 0) is 14.3 Å². The van der Waals surface area contributed by atoms with E-state index < -0.39 is 12.1 Å². The summed E-state index contributed by atoms with van der Waals surface area (Å²) >= 11 is 0. The SMILES string of the molecule is C=C/C=C\C(=C/C)C(O/C(C=C)=C(/C=C\C)c1ccno1)C(=O)OCC. The minimum absolute atomic E-state index is 0.248. The van der Waals surface area contributed by atoms with Crippen molar-refractivity contribution in [3.05, 3.63) is 85.0 Å². The summed E-state index contributed by atoms with van der Waals surface area (Å²) in [4.78, 5) is 12.5. The Labute approximate surface area is 154 Å². The number of carbonyl (C=O) groups is 1. The van der Waals surface area contributed by atoms with Crippen LogP contribution in [0.3, 0.4) is 0 Å². The monoisotopic (exact) mass is 355 g/mol. The Balaban J connectivity index is 3.38. The molecule has 1 rings (SSSR count). The fourth-order valence-corrected chi connectivity index (χ4v) is 2.14. The van der Waals surface area contributed by atoms with E-state index in [2.05, 4.69) is 18.3 Å². The molecule has 0 aliphatic rings. The maximum atomic E-state index is 12.5. The summed E-state index contributed by atoms with van der Waals surface area (Å²) < 4.78 is 16.4. The number of hydrogen-bond acceptors (Lipinski definition) is 5. The van der Waals surface area contributed by atoms with Gasteiger partial charge >= 0.3 is 5.97 Å². The van der Waals surface area contributed by atoms with Crippen molar-refractivity contribution in [1.29, 1.82) is 0 Å². The number of carbonyl (C=O) groups excluding carboxylic acids is 1. The van der Waals surface area contributed by atoms with E-state index in [1.807, 2.05) is 19.9 Å². The van der Waals surface area contributed by atoms with Crippen LogP contribution in [0, 0.1) is 0 Å². The molecule has 1 heterocycles. The lowest BCUT2D eigenvalue weighted by Crippen LogP contribution is -2.28. The first-order valence-electron chi connectivity index (χ1n) is 8.31. The van der Waals surface area contributed by atoms with Crippen molar-refractivity contribution in [3.8, 4) is 0 Å². The molecule has 0 aromatic carbocycles. The van der Waals surface area contributed by atoms with Crippen LogP contribution in [0.4, 0.5) is 0 Å². The highest BCUT2D eigenvalue weighted by molar-refractivity contribution is 5.80. The summed E-state index contributed by atoms with van der Waals surface area (Å²) in [5.74, 6) is 0.389. The Morgan fingerprint density at radius 1 is 1.35 bits per heavy atom. The molecule has 1 aromatic heterocycles. The van der Waals surface area contributed by atoms with Crippen LogP contribution in [0.5, 0.6) is 0 Å². The molecular formula is C21H25NO4. The summed E-state index contributed by atoms with van der Waals surface area (Å²) in [5, 5.41) is 3.72. The van der Waals surface area contributed by atoms with Gasteiger partial charge in [-0.3, -0.25) is 0 Å². The van der Waals surface area contributed by atoms with Gasteiger partial charge in [-0.05, 0) is 32.4 Å². The topological polar surface area (TPSA) is 61.6 Å². The van der Waals surface area contributed by atoms with Gasteiger partial charge in [0.25, 0.3) is 0 Å². The molecule has 0 amide bonds. The molecule has 0 spiro atoms. The van der Waals surface area contributed by atoms with Gasteiger partial charge in [0.15, 0.2) is 5.76 Å². The van der Waals surface area contributed by atoms with Gasteiger partial charge in [-0.25, -0.2) is 4.79 Å². The van der Waals surface area contributed by atoms with Crippen molar-refractivity contribution in [1.82, 2.24) is 5.16 Å². The number of allylic oxidation sites excluding steroid dienone is 7. The van der Waals surface area contributed by atoms with E-state index in [9.17, 15) is 4.79 Å². The van der Waals surface area contributed by atoms with Crippen LogP contribution in [0.2, 0.25) is 0 Å². The molecule has 0 radical (unpaired) electrons. The largest absolute Gasteiger partial charge is 0.473 e. The molecule has 5 heteroatoms. The number of hydrogen-bond donors (Lipinski definition) is 0. The molecule has 26 heavy (non-hydrogen) atoms. The zero-order valence-corrected chi connectivity index (χ0v) is 15.5. The molecule has 5 nitrogen and oxygen atoms in total. The normalized spacial score (nSPS) is 14.2. The smallest absolute Gasteiger partial charge is 0.352 e. The van der Waals surface area contributed by atoms with Crippen LogP contribution in [0.15, 0.2) is 83.8 Å². The minimum atomic E-state index is -0.952. The molecule has 1 aromatic rings. The second kappa shape index (κ2) is 11.5. The number of rotatable bonds is 10. The van der Waals surface area contributed by atoms with E-state index in [-0.39, 0.29) is 6.61 Å². The Morgan fingerprint density at radius 2 is 2.12 bits per heavy atom. The second-order valence-electron chi connectivity index (χ2n) is 4.99. The summed E-state index contributed by atoms with van der Waals surface area (Å²) in [6, 6.07) is 1.70. The zero-order valence-electron chi connectivity index (χ0n) is 15.5. The Bertz CT molecular complexity index is 721. The van der Waals surface area contributed by atoms with Crippen molar-refractivity contribution < 1.29 is 18.8 Å². The van der Waals surface area contributed by atoms with Crippen LogP contribution >= 0.6 is 0 Å². The lowest BCUT2D eigenvalue weighted by molar-refractivity contribution is -0.151. The Morgan fingerprint density at radius 3 is 2.62 bits per heavy atom. The van der Waals surface area contributed by atoms with Crippen LogP contribution in [-0.4, -0.2) is 23.8 Å². The molecule has 0 bridgehead atoms. The van der Waals surface area contributed by atoms with Crippen molar-refractivity contribution in [2.75, 3.05) is 6.61 Å². The number of esters is 1. The number of aromatic nitrogens is 1. The summed E-state index contributed by atoms with van der Waals surface area (Å²) in [6.45, 7) is 13.1.